The molecule has 1 rings (SSSR count). The van der Waals surface area contributed by atoms with Gasteiger partial charge in [-0.2, -0.15) is 0 Å². The summed E-state index contributed by atoms with van der Waals surface area (Å²) in [6.07, 6.45) is 0.789. The van der Waals surface area contributed by atoms with Crippen molar-refractivity contribution in [3.05, 3.63) is 11.6 Å². The highest BCUT2D eigenvalue weighted by molar-refractivity contribution is 6.10. The number of carbonyl (C=O) groups is 3. The van der Waals surface area contributed by atoms with E-state index in [0.717, 1.165) is 6.08 Å². The van der Waals surface area contributed by atoms with Crippen molar-refractivity contribution in [2.45, 2.75) is 13.3 Å². The fourth-order valence-corrected chi connectivity index (χ4v) is 0.878. The molecule has 5 nitrogen and oxygen atoms in total. The zero-order valence-electron chi connectivity index (χ0n) is 7.03. The average Bonchev–Trinajstić information content (AvgIpc) is 2.30. The van der Waals surface area contributed by atoms with Crippen LogP contribution in [0.25, 0.3) is 0 Å². The molecule has 1 aliphatic heterocycles. The molecule has 0 unspecified atom stereocenters. The average molecular weight is 184 g/mol. The Bertz CT molecular complexity index is 289. The minimum absolute atomic E-state index is 0.0449. The Balaban J connectivity index is 2.54. The highest BCUT2D eigenvalue weighted by Crippen LogP contribution is 2.12. The van der Waals surface area contributed by atoms with Crippen molar-refractivity contribution in [2.24, 2.45) is 0 Å². The molecule has 0 spiro atoms. The van der Waals surface area contributed by atoms with E-state index >= 15 is 0 Å². The second-order valence-corrected chi connectivity index (χ2v) is 2.36. The normalized spacial score (nSPS) is 15.3. The Labute approximate surface area is 74.3 Å². The fraction of sp³-hybridized carbons (Fsp3) is 0.375. The number of carbonyl (C=O) groups excluding carboxylic acids is 3. The zero-order chi connectivity index (χ0) is 9.84. The third-order valence-corrected chi connectivity index (χ3v) is 1.39. The third kappa shape index (κ3) is 2.40. The maximum atomic E-state index is 10.9. The molecule has 1 heterocycles. The molecule has 0 saturated carbocycles. The molecule has 0 aromatic heterocycles. The molecule has 70 valence electrons. The van der Waals surface area contributed by atoms with Crippen LogP contribution in [-0.2, 0) is 23.9 Å². The lowest BCUT2D eigenvalue weighted by Gasteiger charge is -1.99. The molecular formula is C8H8O5. The third-order valence-electron chi connectivity index (χ3n) is 1.39. The van der Waals surface area contributed by atoms with Crippen LogP contribution in [0.3, 0.4) is 0 Å². The lowest BCUT2D eigenvalue weighted by Crippen LogP contribution is -2.09. The molecule has 0 aliphatic carbocycles. The highest BCUT2D eigenvalue weighted by atomic mass is 16.6. The van der Waals surface area contributed by atoms with Crippen molar-refractivity contribution >= 4 is 17.9 Å². The van der Waals surface area contributed by atoms with E-state index in [1.807, 2.05) is 0 Å². The molecule has 0 N–H and O–H groups in total. The number of hydrogen-bond donors (Lipinski definition) is 0. The molecule has 0 atom stereocenters. The minimum Gasteiger partial charge on any atom is -0.466 e. The van der Waals surface area contributed by atoms with Crippen LogP contribution in [0.1, 0.15) is 13.3 Å². The first kappa shape index (κ1) is 9.44. The first-order chi connectivity index (χ1) is 6.13. The van der Waals surface area contributed by atoms with Crippen molar-refractivity contribution < 1.29 is 23.9 Å². The first-order valence-corrected chi connectivity index (χ1v) is 3.75. The predicted molar refractivity (Wildman–Crippen MR) is 40.4 cm³/mol. The van der Waals surface area contributed by atoms with E-state index in [1.165, 1.54) is 0 Å². The van der Waals surface area contributed by atoms with E-state index in [-0.39, 0.29) is 18.6 Å². The fourth-order valence-electron chi connectivity index (χ4n) is 0.878. The van der Waals surface area contributed by atoms with Gasteiger partial charge in [-0.25, -0.2) is 9.59 Å². The van der Waals surface area contributed by atoms with Crippen LogP contribution in [0.4, 0.5) is 0 Å². The Morgan fingerprint density at radius 1 is 1.54 bits per heavy atom. The number of rotatable bonds is 3. The number of hydrogen-bond acceptors (Lipinski definition) is 5. The second-order valence-electron chi connectivity index (χ2n) is 2.36. The van der Waals surface area contributed by atoms with Gasteiger partial charge in [0.2, 0.25) is 0 Å². The number of ether oxygens (including phenoxy) is 2. The monoisotopic (exact) mass is 184 g/mol. The van der Waals surface area contributed by atoms with Crippen molar-refractivity contribution in [3.63, 3.8) is 0 Å². The Morgan fingerprint density at radius 2 is 2.23 bits per heavy atom. The van der Waals surface area contributed by atoms with E-state index < -0.39 is 17.9 Å². The van der Waals surface area contributed by atoms with Crippen LogP contribution in [-0.4, -0.2) is 24.5 Å². The van der Waals surface area contributed by atoms with E-state index in [0.29, 0.717) is 0 Å². The van der Waals surface area contributed by atoms with Gasteiger partial charge in [-0.05, 0) is 6.92 Å². The van der Waals surface area contributed by atoms with Crippen LogP contribution in [0.15, 0.2) is 11.6 Å². The zero-order valence-corrected chi connectivity index (χ0v) is 7.03. The second kappa shape index (κ2) is 3.84. The van der Waals surface area contributed by atoms with Crippen LogP contribution < -0.4 is 0 Å². The van der Waals surface area contributed by atoms with Crippen LogP contribution in [0.2, 0.25) is 0 Å². The SMILES string of the molecule is CCOC(=O)CC1=CC(=O)OC1=O. The van der Waals surface area contributed by atoms with Gasteiger partial charge >= 0.3 is 17.9 Å². The van der Waals surface area contributed by atoms with Gasteiger partial charge in [-0.3, -0.25) is 4.79 Å². The van der Waals surface area contributed by atoms with Crippen molar-refractivity contribution in [1.29, 1.82) is 0 Å². The maximum Gasteiger partial charge on any atom is 0.342 e. The first-order valence-electron chi connectivity index (χ1n) is 3.75. The van der Waals surface area contributed by atoms with Gasteiger partial charge in [0.05, 0.1) is 18.6 Å². The van der Waals surface area contributed by atoms with E-state index in [1.54, 1.807) is 6.92 Å². The summed E-state index contributed by atoms with van der Waals surface area (Å²) >= 11 is 0. The Hall–Kier alpha value is -1.65. The van der Waals surface area contributed by atoms with Gasteiger partial charge in [-0.15, -0.1) is 0 Å². The molecule has 5 heteroatoms. The summed E-state index contributed by atoms with van der Waals surface area (Å²) in [5.74, 6) is -2.04. The van der Waals surface area contributed by atoms with Gasteiger partial charge in [0, 0.05) is 6.08 Å². The van der Waals surface area contributed by atoms with Crippen LogP contribution in [0.5, 0.6) is 0 Å². The Morgan fingerprint density at radius 3 is 2.69 bits per heavy atom. The summed E-state index contributed by atoms with van der Waals surface area (Å²) < 4.78 is 8.76. The smallest absolute Gasteiger partial charge is 0.342 e. The van der Waals surface area contributed by atoms with Gasteiger partial charge in [0.25, 0.3) is 0 Å². The van der Waals surface area contributed by atoms with E-state index in [4.69, 9.17) is 0 Å². The molecule has 13 heavy (non-hydrogen) atoms. The topological polar surface area (TPSA) is 69.7 Å². The van der Waals surface area contributed by atoms with Gasteiger partial charge in [-0.1, -0.05) is 0 Å². The summed E-state index contributed by atoms with van der Waals surface area (Å²) in [5.41, 5.74) is 0.0449. The lowest BCUT2D eigenvalue weighted by atomic mass is 10.2. The lowest BCUT2D eigenvalue weighted by molar-refractivity contribution is -0.152. The molecule has 0 aromatic rings. The van der Waals surface area contributed by atoms with Crippen molar-refractivity contribution in [1.82, 2.24) is 0 Å². The van der Waals surface area contributed by atoms with Crippen LogP contribution in [0, 0.1) is 0 Å². The standard InChI is InChI=1S/C8H8O5/c1-2-12-6(9)3-5-4-7(10)13-8(5)11/h4H,2-3H2,1H3. The molecule has 0 radical (unpaired) electrons. The van der Waals surface area contributed by atoms with Crippen LogP contribution >= 0.6 is 0 Å². The van der Waals surface area contributed by atoms with E-state index in [2.05, 4.69) is 9.47 Å². The largest absolute Gasteiger partial charge is 0.466 e. The van der Waals surface area contributed by atoms with Crippen molar-refractivity contribution in [3.8, 4) is 0 Å². The highest BCUT2D eigenvalue weighted by Gasteiger charge is 2.25. The van der Waals surface area contributed by atoms with Gasteiger partial charge in [0.1, 0.15) is 0 Å². The Kier molecular flexibility index (Phi) is 2.79. The molecule has 0 bridgehead atoms. The molecular weight excluding hydrogens is 176 g/mol. The maximum absolute atomic E-state index is 10.9. The molecule has 0 fully saturated rings. The van der Waals surface area contributed by atoms with E-state index in [9.17, 15) is 14.4 Å². The molecule has 0 amide bonds. The summed E-state index contributed by atoms with van der Waals surface area (Å²) in [6, 6.07) is 0. The van der Waals surface area contributed by atoms with Gasteiger partial charge in [0.15, 0.2) is 0 Å². The summed E-state index contributed by atoms with van der Waals surface area (Å²) in [4.78, 5) is 32.2. The molecule has 1 aliphatic rings. The quantitative estimate of drug-likeness (QED) is 0.454. The summed E-state index contributed by atoms with van der Waals surface area (Å²) in [6.45, 7) is 1.90. The van der Waals surface area contributed by atoms with Crippen molar-refractivity contribution in [2.75, 3.05) is 6.61 Å². The predicted octanol–water partition coefficient (Wildman–Crippen LogP) is -0.0506. The van der Waals surface area contributed by atoms with Gasteiger partial charge < -0.3 is 9.47 Å². The minimum atomic E-state index is -0.766. The summed E-state index contributed by atoms with van der Waals surface area (Å²) in [7, 11) is 0. The molecule has 0 saturated heterocycles. The number of cyclic esters (lactones) is 2. The molecule has 0 aromatic carbocycles. The number of esters is 3. The summed E-state index contributed by atoms with van der Waals surface area (Å²) in [5, 5.41) is 0.